The first-order valence-corrected chi connectivity index (χ1v) is 4.59. The molecule has 0 atom stereocenters. The van der Waals surface area contributed by atoms with Crippen LogP contribution in [-0.2, 0) is 9.47 Å². The van der Waals surface area contributed by atoms with Gasteiger partial charge in [0.05, 0.1) is 48.5 Å². The quantitative estimate of drug-likeness (QED) is 0.729. The number of anilines is 1. The summed E-state index contributed by atoms with van der Waals surface area (Å²) in [5.74, 6) is -0.363. The van der Waals surface area contributed by atoms with Crippen molar-refractivity contribution in [2.24, 2.45) is 0 Å². The highest BCUT2D eigenvalue weighted by molar-refractivity contribution is 5.82. The van der Waals surface area contributed by atoms with Gasteiger partial charge in [-0.05, 0) is 6.92 Å². The van der Waals surface area contributed by atoms with Gasteiger partial charge in [-0.25, -0.2) is 4.79 Å². The number of morpholine rings is 1. The number of nitrogens with zero attached hydrogens (tertiary/aromatic N) is 3. The predicted octanol–water partition coefficient (Wildman–Crippen LogP) is -0.501. The maximum Gasteiger partial charge on any atom is 0.414 e. The van der Waals surface area contributed by atoms with E-state index in [1.54, 1.807) is 6.92 Å². The van der Waals surface area contributed by atoms with Crippen molar-refractivity contribution in [3.63, 3.8) is 0 Å². The summed E-state index contributed by atoms with van der Waals surface area (Å²) in [6.07, 6.45) is -0.0891. The molecule has 0 bridgehead atoms. The number of hydrogen-bond acceptors (Lipinski definition) is 6. The largest absolute Gasteiger partial charge is 0.450 e. The molecule has 1 aliphatic rings. The molecule has 0 saturated carbocycles. The average Bonchev–Trinajstić information content (AvgIpc) is 2.83. The maximum atomic E-state index is 11.3. The van der Waals surface area contributed by atoms with Crippen molar-refractivity contribution < 1.29 is 34.5 Å². The van der Waals surface area contributed by atoms with Gasteiger partial charge in [-0.15, -0.1) is 5.01 Å². The molecule has 2 rings (SSSR count). The highest BCUT2D eigenvalue weighted by atomic mass is 16.6. The second-order valence-electron chi connectivity index (χ2n) is 2.67. The summed E-state index contributed by atoms with van der Waals surface area (Å²) in [5.41, 5.74) is 0. The summed E-state index contributed by atoms with van der Waals surface area (Å²) in [5, 5.41) is 5.45. The van der Waals surface area contributed by atoms with E-state index in [1.807, 2.05) is 0 Å². The van der Waals surface area contributed by atoms with E-state index in [9.17, 15) is 4.79 Å². The number of hydrogen-bond donors (Lipinski definition) is 1. The van der Waals surface area contributed by atoms with Gasteiger partial charge in [-0.3, -0.25) is 9.84 Å². The minimum Gasteiger partial charge on any atom is -0.450 e. The molecular weight excluding hydrogens is 228 g/mol. The summed E-state index contributed by atoms with van der Waals surface area (Å²) < 4.78 is 75.3. The Balaban J connectivity index is 2.44. The molecule has 0 spiro atoms. The first-order valence-electron chi connectivity index (χ1n) is 8.59. The number of carbonyl (C=O) groups excluding carboxylic acids is 1. The van der Waals surface area contributed by atoms with Crippen molar-refractivity contribution in [1.82, 2.24) is 5.27 Å². The van der Waals surface area contributed by atoms with Crippen LogP contribution in [0, 0.1) is 0 Å². The van der Waals surface area contributed by atoms with Crippen LogP contribution in [0.15, 0.2) is 10.7 Å². The molecule has 0 aromatic carbocycles. The second-order valence-corrected chi connectivity index (χ2v) is 2.67. The molecule has 1 N–H and O–H groups in total. The SMILES string of the molecule is [2H]C1([2H])OC([2H])([2H])C([2H])([2H])N([n+]2cc(NC(=O)OCC)on2)C1([2H])[2H]. The number of amides is 1. The van der Waals surface area contributed by atoms with Gasteiger partial charge in [0, 0.05) is 0 Å². The average molecular weight is 251 g/mol. The van der Waals surface area contributed by atoms with Crippen molar-refractivity contribution in [3.8, 4) is 0 Å². The van der Waals surface area contributed by atoms with Crippen LogP contribution in [0.25, 0.3) is 0 Å². The van der Waals surface area contributed by atoms with E-state index in [4.69, 9.17) is 15.5 Å². The Morgan fingerprint density at radius 1 is 1.76 bits per heavy atom. The van der Waals surface area contributed by atoms with Crippen molar-refractivity contribution >= 4 is 12.0 Å². The van der Waals surface area contributed by atoms with Crippen LogP contribution in [0.4, 0.5) is 10.7 Å². The van der Waals surface area contributed by atoms with E-state index in [-0.39, 0.29) is 17.5 Å². The molecule has 1 aliphatic heterocycles. The Kier molecular flexibility index (Phi) is 1.68. The topological polar surface area (TPSA) is 80.7 Å². The zero-order valence-electron chi connectivity index (χ0n) is 16.8. The van der Waals surface area contributed by atoms with E-state index < -0.39 is 32.2 Å². The van der Waals surface area contributed by atoms with E-state index in [0.29, 0.717) is 4.79 Å². The molecule has 1 aromatic heterocycles. The zero-order chi connectivity index (χ0) is 19.3. The van der Waals surface area contributed by atoms with Gasteiger partial charge in [-0.2, -0.15) is 0 Å². The minimum atomic E-state index is -3.23. The third-order valence-corrected chi connectivity index (χ3v) is 1.57. The van der Waals surface area contributed by atoms with E-state index in [0.717, 1.165) is 6.20 Å². The number of carbonyl (C=O) groups is 1. The standard InChI is InChI=1S/C9H14N4O4/c1-2-16-9(14)10-8-7-13(11-17-8)12-3-5-15-6-4-12/h7H,2-6H2,1H3/p+1/i3D2,4D2,5D2,6D2. The van der Waals surface area contributed by atoms with Crippen molar-refractivity contribution in [1.29, 1.82) is 0 Å². The lowest BCUT2D eigenvalue weighted by Gasteiger charge is -2.18. The molecule has 1 saturated heterocycles. The molecule has 1 aromatic rings. The molecular formula is C9H15N4O4+. The van der Waals surface area contributed by atoms with E-state index in [1.165, 1.54) is 0 Å². The van der Waals surface area contributed by atoms with Gasteiger partial charge in [0.25, 0.3) is 6.20 Å². The first kappa shape index (κ1) is 5.21. The van der Waals surface area contributed by atoms with Crippen molar-refractivity contribution in [2.45, 2.75) is 6.92 Å². The van der Waals surface area contributed by atoms with E-state index in [2.05, 4.69) is 20.1 Å². The predicted molar refractivity (Wildman–Crippen MR) is 56.1 cm³/mol. The Hall–Kier alpha value is -1.83. The molecule has 2 heterocycles. The molecule has 8 heteroatoms. The van der Waals surface area contributed by atoms with Crippen LogP contribution in [-0.4, -0.2) is 44.1 Å². The highest BCUT2D eigenvalue weighted by Crippen LogP contribution is 2.01. The molecule has 17 heavy (non-hydrogen) atoms. The third-order valence-electron chi connectivity index (χ3n) is 1.57. The molecule has 0 aliphatic carbocycles. The Morgan fingerprint density at radius 3 is 3.24 bits per heavy atom. The highest BCUT2D eigenvalue weighted by Gasteiger charge is 2.23. The van der Waals surface area contributed by atoms with Crippen LogP contribution in [0.5, 0.6) is 0 Å². The Labute approximate surface area is 109 Å². The normalized spacial score (nSPS) is 34.5. The number of ether oxygens (including phenoxy) is 2. The van der Waals surface area contributed by atoms with Gasteiger partial charge < -0.3 is 9.47 Å². The fourth-order valence-corrected chi connectivity index (χ4v) is 0.943. The van der Waals surface area contributed by atoms with Gasteiger partial charge in [0.1, 0.15) is 0 Å². The Bertz CT molecular complexity index is 640. The monoisotopic (exact) mass is 251 g/mol. The Morgan fingerprint density at radius 2 is 2.53 bits per heavy atom. The second kappa shape index (κ2) is 5.48. The summed E-state index contributed by atoms with van der Waals surface area (Å²) in [7, 11) is 0. The summed E-state index contributed by atoms with van der Waals surface area (Å²) in [6, 6.07) is 0. The van der Waals surface area contributed by atoms with Crippen LogP contribution < -0.4 is 15.1 Å². The van der Waals surface area contributed by atoms with E-state index >= 15 is 0 Å². The summed E-state index contributed by atoms with van der Waals surface area (Å²) in [4.78, 5) is 11.7. The molecule has 94 valence electrons. The van der Waals surface area contributed by atoms with Crippen LogP contribution in [0.3, 0.4) is 0 Å². The first-order chi connectivity index (χ1) is 11.3. The van der Waals surface area contributed by atoms with Crippen LogP contribution in [0.2, 0.25) is 0 Å². The smallest absolute Gasteiger partial charge is 0.414 e. The van der Waals surface area contributed by atoms with Crippen LogP contribution in [0.1, 0.15) is 17.9 Å². The molecule has 0 unspecified atom stereocenters. The van der Waals surface area contributed by atoms with Gasteiger partial charge in [0.15, 0.2) is 0 Å². The molecule has 1 amide bonds. The van der Waals surface area contributed by atoms with Crippen LogP contribution >= 0.6 is 0 Å². The van der Waals surface area contributed by atoms with Gasteiger partial charge in [-0.1, -0.05) is 0 Å². The van der Waals surface area contributed by atoms with Crippen molar-refractivity contribution in [3.05, 3.63) is 6.20 Å². The summed E-state index contributed by atoms with van der Waals surface area (Å²) in [6.45, 7) is -11.2. The lowest BCUT2D eigenvalue weighted by atomic mass is 10.5. The fourth-order valence-electron chi connectivity index (χ4n) is 0.943. The number of rotatable bonds is 3. The number of aromatic nitrogens is 2. The number of nitrogens with one attached hydrogen (secondary N) is 1. The van der Waals surface area contributed by atoms with Gasteiger partial charge >= 0.3 is 12.0 Å². The molecule has 1 fully saturated rings. The summed E-state index contributed by atoms with van der Waals surface area (Å²) >= 11 is 0. The lowest BCUT2D eigenvalue weighted by molar-refractivity contribution is -0.759. The third kappa shape index (κ3) is 3.06. The fraction of sp³-hybridized carbons (Fsp3) is 0.667. The molecule has 8 nitrogen and oxygen atoms in total. The minimum absolute atomic E-state index is 0.0450. The van der Waals surface area contributed by atoms with Crippen molar-refractivity contribution in [2.75, 3.05) is 43.0 Å². The lowest BCUT2D eigenvalue weighted by Crippen LogP contribution is -2.62. The molecule has 0 radical (unpaired) electrons. The maximum absolute atomic E-state index is 11.3. The zero-order valence-corrected chi connectivity index (χ0v) is 8.76. The van der Waals surface area contributed by atoms with Gasteiger partial charge in [0.2, 0.25) is 5.27 Å².